The van der Waals surface area contributed by atoms with Crippen LogP contribution in [0.5, 0.6) is 0 Å². The number of hydrogen-bond acceptors (Lipinski definition) is 11. The van der Waals surface area contributed by atoms with Gasteiger partial charge in [0.25, 0.3) is 17.7 Å². The van der Waals surface area contributed by atoms with E-state index in [0.29, 0.717) is 23.1 Å². The number of ether oxygens (including phenoxy) is 1. The highest BCUT2D eigenvalue weighted by Gasteiger charge is 2.55. The number of nitrogens with zero attached hydrogens (tertiary/aromatic N) is 5. The molecule has 1 aromatic heterocycles. The Morgan fingerprint density at radius 3 is 2.77 bits per heavy atom. The summed E-state index contributed by atoms with van der Waals surface area (Å²) in [5.74, 6) is -2.11. The molecule has 1 aromatic carbocycles. The number of amides is 4. The highest BCUT2D eigenvalue weighted by Crippen LogP contribution is 2.42. The standard InChI is InChI=1S/C23H24N8O6S2/c1-30-23(27-28-29-30)38-8-7-13-11-39-21-16(26-19(34)15-18(33)24-9-14(32)25-15)20(35)31(21)17(13)22(36)37-10-12-5-3-2-4-6-12/h2-6,15-16,21H,7-11H2,1H3,(H,24,33)(H,25,32)(H,26,34). The molecular formula is C23H24N8O6S2. The van der Waals surface area contributed by atoms with Gasteiger partial charge in [-0.1, -0.05) is 42.1 Å². The van der Waals surface area contributed by atoms with E-state index < -0.39 is 47.1 Å². The molecule has 4 amide bonds. The van der Waals surface area contributed by atoms with Crippen molar-refractivity contribution in [3.8, 4) is 0 Å². The molecule has 204 valence electrons. The molecule has 3 N–H and O–H groups in total. The van der Waals surface area contributed by atoms with Gasteiger partial charge in [-0.05, 0) is 28.0 Å². The molecule has 0 radical (unpaired) electrons. The lowest BCUT2D eigenvalue weighted by molar-refractivity contribution is -0.154. The van der Waals surface area contributed by atoms with Crippen molar-refractivity contribution in [1.82, 2.24) is 41.1 Å². The van der Waals surface area contributed by atoms with Crippen LogP contribution in [0, 0.1) is 0 Å². The monoisotopic (exact) mass is 572 g/mol. The van der Waals surface area contributed by atoms with Crippen LogP contribution in [-0.4, -0.2) is 90.2 Å². The number of aromatic nitrogens is 4. The SMILES string of the molecule is Cn1nnnc1SCCC1=C(C(=O)OCc2ccccc2)N2C(=O)C(NC(=O)C3NC(=O)CNC3=O)C2SC1. The van der Waals surface area contributed by atoms with E-state index >= 15 is 0 Å². The third-order valence-electron chi connectivity index (χ3n) is 6.22. The van der Waals surface area contributed by atoms with E-state index in [-0.39, 0.29) is 18.8 Å². The summed E-state index contributed by atoms with van der Waals surface area (Å²) >= 11 is 2.81. The maximum atomic E-state index is 13.3. The number of rotatable bonds is 9. The Hall–Kier alpha value is -3.92. The van der Waals surface area contributed by atoms with Gasteiger partial charge < -0.3 is 20.7 Å². The molecule has 0 saturated carbocycles. The second-order valence-corrected chi connectivity index (χ2v) is 11.0. The zero-order chi connectivity index (χ0) is 27.5. The van der Waals surface area contributed by atoms with Gasteiger partial charge in [-0.2, -0.15) is 0 Å². The summed E-state index contributed by atoms with van der Waals surface area (Å²) in [5, 5.41) is 18.6. The molecule has 3 unspecified atom stereocenters. The van der Waals surface area contributed by atoms with Crippen LogP contribution in [0.2, 0.25) is 0 Å². The number of carbonyl (C=O) groups is 5. The smallest absolute Gasteiger partial charge is 0.355 e. The largest absolute Gasteiger partial charge is 0.456 e. The lowest BCUT2D eigenvalue weighted by Crippen LogP contribution is -2.73. The second kappa shape index (κ2) is 11.4. The van der Waals surface area contributed by atoms with Crippen LogP contribution in [0.3, 0.4) is 0 Å². The zero-order valence-corrected chi connectivity index (χ0v) is 22.3. The van der Waals surface area contributed by atoms with Gasteiger partial charge >= 0.3 is 5.97 Å². The number of benzene rings is 1. The van der Waals surface area contributed by atoms with Crippen molar-refractivity contribution < 1.29 is 28.7 Å². The Bertz CT molecular complexity index is 1350. The maximum absolute atomic E-state index is 13.3. The van der Waals surface area contributed by atoms with Crippen molar-refractivity contribution in [2.75, 3.05) is 18.1 Å². The molecule has 0 aliphatic carbocycles. The predicted octanol–water partition coefficient (Wildman–Crippen LogP) is -1.30. The molecule has 0 bridgehead atoms. The van der Waals surface area contributed by atoms with Gasteiger partial charge in [0.15, 0.2) is 6.04 Å². The summed E-state index contributed by atoms with van der Waals surface area (Å²) in [5.41, 5.74) is 1.69. The number of aryl methyl sites for hydroxylation is 1. The third-order valence-corrected chi connectivity index (χ3v) is 8.57. The Balaban J connectivity index is 1.30. The lowest BCUT2D eigenvalue weighted by atomic mass is 10.0. The number of fused-ring (bicyclic) bond motifs is 1. The molecule has 2 fully saturated rings. The summed E-state index contributed by atoms with van der Waals surface area (Å²) in [6, 6.07) is 6.78. The van der Waals surface area contributed by atoms with Gasteiger partial charge in [-0.25, -0.2) is 9.48 Å². The van der Waals surface area contributed by atoms with Gasteiger partial charge in [-0.15, -0.1) is 16.9 Å². The van der Waals surface area contributed by atoms with E-state index in [4.69, 9.17) is 4.74 Å². The predicted molar refractivity (Wildman–Crippen MR) is 137 cm³/mol. The first-order chi connectivity index (χ1) is 18.8. The number of piperazine rings is 1. The minimum atomic E-state index is -1.43. The Morgan fingerprint density at radius 2 is 2.03 bits per heavy atom. The fraction of sp³-hybridized carbons (Fsp3) is 0.391. The van der Waals surface area contributed by atoms with E-state index in [1.807, 2.05) is 30.3 Å². The fourth-order valence-electron chi connectivity index (χ4n) is 4.23. The minimum Gasteiger partial charge on any atom is -0.456 e. The van der Waals surface area contributed by atoms with Crippen molar-refractivity contribution in [1.29, 1.82) is 0 Å². The van der Waals surface area contributed by atoms with Crippen molar-refractivity contribution in [3.63, 3.8) is 0 Å². The molecule has 5 rings (SSSR count). The van der Waals surface area contributed by atoms with E-state index in [0.717, 1.165) is 11.1 Å². The average molecular weight is 573 g/mol. The highest BCUT2D eigenvalue weighted by atomic mass is 32.2. The van der Waals surface area contributed by atoms with Crippen LogP contribution >= 0.6 is 23.5 Å². The first-order valence-corrected chi connectivity index (χ1v) is 14.0. The van der Waals surface area contributed by atoms with E-state index in [9.17, 15) is 24.0 Å². The summed E-state index contributed by atoms with van der Waals surface area (Å²) in [4.78, 5) is 64.3. The lowest BCUT2D eigenvalue weighted by Gasteiger charge is -2.50. The van der Waals surface area contributed by atoms with Gasteiger partial charge in [0.05, 0.1) is 6.54 Å². The fourth-order valence-corrected chi connectivity index (χ4v) is 6.47. The summed E-state index contributed by atoms with van der Waals surface area (Å²) in [6.45, 7) is -0.184. The quantitative estimate of drug-likeness (QED) is 0.141. The van der Waals surface area contributed by atoms with E-state index in [1.165, 1.54) is 28.4 Å². The Labute approximate surface area is 230 Å². The van der Waals surface area contributed by atoms with Crippen LogP contribution in [-0.2, 0) is 42.4 Å². The number of carbonyl (C=O) groups excluding carboxylic acids is 5. The third kappa shape index (κ3) is 5.61. The number of esters is 1. The Morgan fingerprint density at radius 1 is 1.23 bits per heavy atom. The van der Waals surface area contributed by atoms with Gasteiger partial charge in [-0.3, -0.25) is 24.1 Å². The first-order valence-electron chi connectivity index (χ1n) is 11.9. The highest BCUT2D eigenvalue weighted by molar-refractivity contribution is 8.00. The molecule has 39 heavy (non-hydrogen) atoms. The van der Waals surface area contributed by atoms with Gasteiger partial charge in [0, 0.05) is 18.6 Å². The second-order valence-electron chi connectivity index (χ2n) is 8.81. The molecule has 3 aliphatic rings. The normalized spacial score (nSPS) is 22.4. The molecule has 3 atom stereocenters. The van der Waals surface area contributed by atoms with Crippen LogP contribution < -0.4 is 16.0 Å². The Kier molecular flexibility index (Phi) is 7.83. The summed E-state index contributed by atoms with van der Waals surface area (Å²) in [6.07, 6.45) is 0.474. The average Bonchev–Trinajstić information content (AvgIpc) is 3.36. The van der Waals surface area contributed by atoms with E-state index in [1.54, 1.807) is 11.7 Å². The number of nitrogens with one attached hydrogen (secondary N) is 3. The van der Waals surface area contributed by atoms with Gasteiger partial charge in [0.1, 0.15) is 23.7 Å². The molecule has 14 nitrogen and oxygen atoms in total. The molecule has 3 aliphatic heterocycles. The van der Waals surface area contributed by atoms with Crippen molar-refractivity contribution >= 4 is 53.1 Å². The zero-order valence-electron chi connectivity index (χ0n) is 20.7. The topological polar surface area (TPSA) is 178 Å². The van der Waals surface area contributed by atoms with Crippen molar-refractivity contribution in [2.24, 2.45) is 7.05 Å². The van der Waals surface area contributed by atoms with Crippen molar-refractivity contribution in [3.05, 3.63) is 47.2 Å². The maximum Gasteiger partial charge on any atom is 0.355 e. The van der Waals surface area contributed by atoms with Crippen LogP contribution in [0.1, 0.15) is 12.0 Å². The van der Waals surface area contributed by atoms with Crippen LogP contribution in [0.4, 0.5) is 0 Å². The molecule has 2 saturated heterocycles. The molecule has 16 heteroatoms. The number of β-lactam (4-membered cyclic amide) rings is 1. The molecule has 4 heterocycles. The molecule has 2 aromatic rings. The number of tetrazole rings is 1. The van der Waals surface area contributed by atoms with Crippen molar-refractivity contribution in [2.45, 2.75) is 35.6 Å². The molecular weight excluding hydrogens is 548 g/mol. The van der Waals surface area contributed by atoms with E-state index in [2.05, 4.69) is 31.5 Å². The van der Waals surface area contributed by atoms with Crippen LogP contribution in [0.25, 0.3) is 0 Å². The summed E-state index contributed by atoms with van der Waals surface area (Å²) < 4.78 is 7.12. The number of hydrogen-bond donors (Lipinski definition) is 3. The minimum absolute atomic E-state index is 0.0340. The number of thioether (sulfide) groups is 2. The first kappa shape index (κ1) is 26.7. The van der Waals surface area contributed by atoms with Gasteiger partial charge in [0.2, 0.25) is 11.1 Å². The molecule has 0 spiro atoms. The van der Waals surface area contributed by atoms with Crippen LogP contribution in [0.15, 0.2) is 46.8 Å². The summed E-state index contributed by atoms with van der Waals surface area (Å²) in [7, 11) is 1.73.